The lowest BCUT2D eigenvalue weighted by atomic mass is 10.1. The third-order valence-electron chi connectivity index (χ3n) is 4.88. The summed E-state index contributed by atoms with van der Waals surface area (Å²) in [5.74, 6) is -0.611. The topological polar surface area (TPSA) is 85.1 Å². The Morgan fingerprint density at radius 3 is 2.00 bits per heavy atom. The first-order valence-electron chi connectivity index (χ1n) is 8.53. The summed E-state index contributed by atoms with van der Waals surface area (Å²) in [6.07, 6.45) is 0. The average Bonchev–Trinajstić information content (AvgIpc) is 3.06. The number of carbonyl (C=O) groups is 2. The van der Waals surface area contributed by atoms with Gasteiger partial charge in [-0.25, -0.2) is 10.1 Å². The Balaban J connectivity index is 1.63. The molecule has 7 heteroatoms. The van der Waals surface area contributed by atoms with Crippen molar-refractivity contribution in [3.05, 3.63) is 81.8 Å². The molecule has 2 aromatic carbocycles. The minimum Gasteiger partial charge on any atom is -0.314 e. The number of hydrogen-bond donors (Lipinski definition) is 2. The molecule has 1 aliphatic rings. The summed E-state index contributed by atoms with van der Waals surface area (Å²) in [5, 5.41) is 0. The van der Waals surface area contributed by atoms with E-state index in [4.69, 9.17) is 0 Å². The van der Waals surface area contributed by atoms with Crippen LogP contribution in [0, 0.1) is 6.92 Å². The Labute approximate surface area is 155 Å². The van der Waals surface area contributed by atoms with Crippen LogP contribution in [0.2, 0.25) is 0 Å². The fourth-order valence-electron chi connectivity index (χ4n) is 3.33. The van der Waals surface area contributed by atoms with Crippen molar-refractivity contribution in [2.45, 2.75) is 13.0 Å². The predicted molar refractivity (Wildman–Crippen MR) is 101 cm³/mol. The molecule has 0 spiro atoms. The SMILES string of the molecule is Cc1c(NNC2C(=O)c3ccccc3C2=O)c(=O)n(-c2ccccc2)n1C. The second-order valence-corrected chi connectivity index (χ2v) is 6.41. The van der Waals surface area contributed by atoms with E-state index in [1.165, 1.54) is 4.68 Å². The van der Waals surface area contributed by atoms with Gasteiger partial charge in [0.2, 0.25) is 0 Å². The van der Waals surface area contributed by atoms with Crippen molar-refractivity contribution in [3.8, 4) is 5.69 Å². The molecule has 0 radical (unpaired) electrons. The van der Waals surface area contributed by atoms with Crippen molar-refractivity contribution in [1.29, 1.82) is 0 Å². The number of hydrogen-bond acceptors (Lipinski definition) is 5. The number of nitrogens with zero attached hydrogens (tertiary/aromatic N) is 2. The number of aromatic nitrogens is 2. The summed E-state index contributed by atoms with van der Waals surface area (Å²) >= 11 is 0. The molecular formula is C20H18N4O3. The maximum atomic E-state index is 12.9. The summed E-state index contributed by atoms with van der Waals surface area (Å²) < 4.78 is 3.24. The van der Waals surface area contributed by atoms with Crippen LogP contribution in [0.1, 0.15) is 26.4 Å². The van der Waals surface area contributed by atoms with Crippen molar-refractivity contribution in [3.63, 3.8) is 0 Å². The van der Waals surface area contributed by atoms with Crippen molar-refractivity contribution in [1.82, 2.24) is 14.8 Å². The minimum absolute atomic E-state index is 0.274. The van der Waals surface area contributed by atoms with Gasteiger partial charge in [-0.3, -0.25) is 19.1 Å². The maximum Gasteiger partial charge on any atom is 0.296 e. The molecule has 0 atom stereocenters. The number of Topliss-reactive ketones (excluding diaryl/α,β-unsaturated/α-hetero) is 2. The van der Waals surface area contributed by atoms with E-state index in [0.29, 0.717) is 16.8 Å². The van der Waals surface area contributed by atoms with Gasteiger partial charge in [0.1, 0.15) is 5.69 Å². The Kier molecular flexibility index (Phi) is 4.01. The molecule has 1 heterocycles. The van der Waals surface area contributed by atoms with Crippen LogP contribution in [-0.4, -0.2) is 27.0 Å². The van der Waals surface area contributed by atoms with Gasteiger partial charge in [0, 0.05) is 18.2 Å². The van der Waals surface area contributed by atoms with E-state index in [1.807, 2.05) is 30.3 Å². The summed E-state index contributed by atoms with van der Waals surface area (Å²) in [4.78, 5) is 37.8. The molecule has 2 N–H and O–H groups in total. The molecule has 7 nitrogen and oxygen atoms in total. The molecule has 1 aromatic heterocycles. The molecule has 0 saturated carbocycles. The number of rotatable bonds is 4. The lowest BCUT2D eigenvalue weighted by molar-refractivity contribution is 0.0874. The third kappa shape index (κ3) is 2.60. The summed E-state index contributed by atoms with van der Waals surface area (Å²) in [5.41, 5.74) is 7.75. The lowest BCUT2D eigenvalue weighted by Crippen LogP contribution is -2.43. The average molecular weight is 362 g/mol. The van der Waals surface area contributed by atoms with Crippen molar-refractivity contribution in [2.75, 3.05) is 5.43 Å². The second kappa shape index (κ2) is 6.37. The Hall–Kier alpha value is -3.45. The number of hydrazine groups is 1. The van der Waals surface area contributed by atoms with Gasteiger partial charge in [0.25, 0.3) is 5.56 Å². The standard InChI is InChI=1S/C20H18N4O3/c1-12-16(20(27)24(23(12)2)13-8-4-3-5-9-13)21-22-17-18(25)14-10-6-7-11-15(14)19(17)26/h3-11,17,21-22H,1-2H3. The fraction of sp³-hybridized carbons (Fsp3) is 0.150. The van der Waals surface area contributed by atoms with Gasteiger partial charge in [0.05, 0.1) is 11.4 Å². The highest BCUT2D eigenvalue weighted by atomic mass is 16.2. The molecule has 0 saturated heterocycles. The highest BCUT2D eigenvalue weighted by Crippen LogP contribution is 2.22. The van der Waals surface area contributed by atoms with Crippen LogP contribution in [-0.2, 0) is 7.05 Å². The predicted octanol–water partition coefficient (Wildman–Crippen LogP) is 1.85. The van der Waals surface area contributed by atoms with Crippen LogP contribution in [0.3, 0.4) is 0 Å². The van der Waals surface area contributed by atoms with Gasteiger partial charge < -0.3 is 5.43 Å². The van der Waals surface area contributed by atoms with E-state index in [2.05, 4.69) is 10.9 Å². The number of carbonyl (C=O) groups excluding carboxylic acids is 2. The largest absolute Gasteiger partial charge is 0.314 e. The smallest absolute Gasteiger partial charge is 0.296 e. The molecule has 3 aromatic rings. The highest BCUT2D eigenvalue weighted by molar-refractivity contribution is 6.29. The zero-order chi connectivity index (χ0) is 19.1. The molecule has 4 rings (SSSR count). The molecule has 0 unspecified atom stereocenters. The molecule has 0 amide bonds. The number of fused-ring (bicyclic) bond motifs is 1. The number of benzene rings is 2. The summed E-state index contributed by atoms with van der Waals surface area (Å²) in [6.45, 7) is 1.79. The first-order chi connectivity index (χ1) is 13.0. The van der Waals surface area contributed by atoms with E-state index >= 15 is 0 Å². The Morgan fingerprint density at radius 1 is 0.852 bits per heavy atom. The molecule has 136 valence electrons. The number of para-hydroxylation sites is 1. The summed E-state index contributed by atoms with van der Waals surface area (Å²) in [6, 6.07) is 14.9. The Bertz CT molecular complexity index is 1080. The molecule has 1 aliphatic carbocycles. The van der Waals surface area contributed by atoms with E-state index in [1.54, 1.807) is 42.9 Å². The normalized spacial score (nSPS) is 13.9. The van der Waals surface area contributed by atoms with Gasteiger partial charge in [-0.2, -0.15) is 0 Å². The highest BCUT2D eigenvalue weighted by Gasteiger charge is 2.38. The van der Waals surface area contributed by atoms with Crippen LogP contribution >= 0.6 is 0 Å². The maximum absolute atomic E-state index is 12.9. The van der Waals surface area contributed by atoms with Crippen molar-refractivity contribution in [2.24, 2.45) is 7.05 Å². The summed E-state index contributed by atoms with van der Waals surface area (Å²) in [7, 11) is 1.77. The molecular weight excluding hydrogens is 344 g/mol. The molecule has 0 bridgehead atoms. The number of nitrogens with one attached hydrogen (secondary N) is 2. The van der Waals surface area contributed by atoms with Gasteiger partial charge >= 0.3 is 0 Å². The van der Waals surface area contributed by atoms with Gasteiger partial charge in [-0.15, -0.1) is 0 Å². The zero-order valence-electron chi connectivity index (χ0n) is 14.9. The van der Waals surface area contributed by atoms with Crippen molar-refractivity contribution < 1.29 is 9.59 Å². The fourth-order valence-corrected chi connectivity index (χ4v) is 3.33. The van der Waals surface area contributed by atoms with Crippen LogP contribution in [0.25, 0.3) is 5.69 Å². The zero-order valence-corrected chi connectivity index (χ0v) is 14.9. The van der Waals surface area contributed by atoms with Crippen LogP contribution in [0.4, 0.5) is 5.69 Å². The van der Waals surface area contributed by atoms with Gasteiger partial charge in [-0.1, -0.05) is 42.5 Å². The van der Waals surface area contributed by atoms with E-state index in [0.717, 1.165) is 5.69 Å². The third-order valence-corrected chi connectivity index (χ3v) is 4.88. The van der Waals surface area contributed by atoms with Crippen LogP contribution < -0.4 is 16.4 Å². The van der Waals surface area contributed by atoms with Crippen molar-refractivity contribution >= 4 is 17.3 Å². The lowest BCUT2D eigenvalue weighted by Gasteiger charge is -2.11. The number of ketones is 2. The first-order valence-corrected chi connectivity index (χ1v) is 8.53. The van der Waals surface area contributed by atoms with Crippen LogP contribution in [0.5, 0.6) is 0 Å². The Morgan fingerprint density at radius 2 is 1.41 bits per heavy atom. The van der Waals surface area contributed by atoms with Crippen LogP contribution in [0.15, 0.2) is 59.4 Å². The van der Waals surface area contributed by atoms with E-state index in [9.17, 15) is 14.4 Å². The van der Waals surface area contributed by atoms with E-state index < -0.39 is 6.04 Å². The molecule has 0 fully saturated rings. The molecule has 27 heavy (non-hydrogen) atoms. The van der Waals surface area contributed by atoms with Gasteiger partial charge in [-0.05, 0) is 19.1 Å². The first kappa shape index (κ1) is 17.0. The van der Waals surface area contributed by atoms with E-state index in [-0.39, 0.29) is 22.8 Å². The number of anilines is 1. The minimum atomic E-state index is -1.05. The quantitative estimate of drug-likeness (QED) is 0.547. The molecule has 0 aliphatic heterocycles. The second-order valence-electron chi connectivity index (χ2n) is 6.41. The monoisotopic (exact) mass is 362 g/mol. The van der Waals surface area contributed by atoms with Gasteiger partial charge in [0.15, 0.2) is 17.6 Å².